The van der Waals surface area contributed by atoms with E-state index in [2.05, 4.69) is 10.3 Å². The largest absolute Gasteiger partial charge is 0.373 e. The van der Waals surface area contributed by atoms with Crippen LogP contribution in [0, 0.1) is 6.92 Å². The third-order valence-corrected chi connectivity index (χ3v) is 7.95. The summed E-state index contributed by atoms with van der Waals surface area (Å²) in [6.45, 7) is 10.3. The summed E-state index contributed by atoms with van der Waals surface area (Å²) in [4.78, 5) is 17.8. The maximum atomic E-state index is 12.9. The molecule has 1 N–H and O–H groups in total. The van der Waals surface area contributed by atoms with Crippen molar-refractivity contribution in [3.05, 3.63) is 39.8 Å². The van der Waals surface area contributed by atoms with Gasteiger partial charge in [0, 0.05) is 24.7 Å². The van der Waals surface area contributed by atoms with E-state index in [1.807, 2.05) is 34.6 Å². The van der Waals surface area contributed by atoms with E-state index in [1.165, 1.54) is 27.8 Å². The highest BCUT2D eigenvalue weighted by Crippen LogP contribution is 2.26. The van der Waals surface area contributed by atoms with E-state index in [1.54, 1.807) is 12.1 Å². The first kappa shape index (κ1) is 21.9. The zero-order valence-corrected chi connectivity index (χ0v) is 18.9. The standard InChI is InChI=1S/C20H27N3O4S2/c1-12(2)20-21-15(5)18(28-20)19(24)22-16-6-8-17(9-7-16)29(25,26)23-10-13(3)27-14(4)11-23/h6-9,12-14H,10-11H2,1-5H3,(H,22,24). The Labute approximate surface area is 176 Å². The van der Waals surface area contributed by atoms with E-state index < -0.39 is 10.0 Å². The van der Waals surface area contributed by atoms with Crippen LogP contribution in [0.25, 0.3) is 0 Å². The SMILES string of the molecule is Cc1nc(C(C)C)sc1C(=O)Nc1ccc(S(=O)(=O)N2CC(C)OC(C)C2)cc1. The summed E-state index contributed by atoms with van der Waals surface area (Å²) >= 11 is 1.38. The number of carbonyl (C=O) groups is 1. The molecule has 0 spiro atoms. The number of thiazole rings is 1. The Morgan fingerprint density at radius 1 is 1.21 bits per heavy atom. The van der Waals surface area contributed by atoms with E-state index in [4.69, 9.17) is 4.74 Å². The lowest BCUT2D eigenvalue weighted by Gasteiger charge is -2.34. The molecule has 2 aromatic rings. The molecule has 0 bridgehead atoms. The topological polar surface area (TPSA) is 88.6 Å². The van der Waals surface area contributed by atoms with Crippen molar-refractivity contribution in [1.82, 2.24) is 9.29 Å². The lowest BCUT2D eigenvalue weighted by molar-refractivity contribution is -0.0440. The van der Waals surface area contributed by atoms with Crippen LogP contribution in [0.4, 0.5) is 5.69 Å². The molecule has 1 amide bonds. The number of morpholine rings is 1. The molecule has 158 valence electrons. The van der Waals surface area contributed by atoms with Gasteiger partial charge in [-0.2, -0.15) is 4.31 Å². The Balaban J connectivity index is 1.74. The van der Waals surface area contributed by atoms with Gasteiger partial charge in [-0.1, -0.05) is 13.8 Å². The van der Waals surface area contributed by atoms with Crippen molar-refractivity contribution >= 4 is 33.0 Å². The van der Waals surface area contributed by atoms with E-state index in [0.29, 0.717) is 29.3 Å². The molecular weight excluding hydrogens is 410 g/mol. The molecule has 0 radical (unpaired) electrons. The van der Waals surface area contributed by atoms with Crippen LogP contribution in [0.1, 0.15) is 54.0 Å². The average Bonchev–Trinajstić information content (AvgIpc) is 3.03. The van der Waals surface area contributed by atoms with Crippen LogP contribution >= 0.6 is 11.3 Å². The van der Waals surface area contributed by atoms with Gasteiger partial charge in [-0.25, -0.2) is 13.4 Å². The molecule has 1 aromatic heterocycles. The van der Waals surface area contributed by atoms with Crippen LogP contribution in [0.5, 0.6) is 0 Å². The molecule has 9 heteroatoms. The van der Waals surface area contributed by atoms with Crippen molar-refractivity contribution < 1.29 is 17.9 Å². The Kier molecular flexibility index (Phi) is 6.42. The number of hydrogen-bond acceptors (Lipinski definition) is 6. The van der Waals surface area contributed by atoms with Crippen molar-refractivity contribution in [1.29, 1.82) is 0 Å². The predicted octanol–water partition coefficient (Wildman–Crippen LogP) is 3.63. The molecule has 1 aliphatic heterocycles. The van der Waals surface area contributed by atoms with Gasteiger partial charge in [0.1, 0.15) is 4.88 Å². The first-order valence-electron chi connectivity index (χ1n) is 9.62. The number of sulfonamides is 1. The van der Waals surface area contributed by atoms with Gasteiger partial charge in [-0.15, -0.1) is 11.3 Å². The second kappa shape index (κ2) is 8.51. The normalized spacial score (nSPS) is 20.8. The summed E-state index contributed by atoms with van der Waals surface area (Å²) in [5, 5.41) is 3.75. The van der Waals surface area contributed by atoms with E-state index in [0.717, 1.165) is 5.01 Å². The minimum Gasteiger partial charge on any atom is -0.373 e. The van der Waals surface area contributed by atoms with Crippen molar-refractivity contribution in [2.75, 3.05) is 18.4 Å². The number of aromatic nitrogens is 1. The van der Waals surface area contributed by atoms with Gasteiger partial charge in [0.15, 0.2) is 0 Å². The minimum atomic E-state index is -3.61. The molecule has 29 heavy (non-hydrogen) atoms. The maximum Gasteiger partial charge on any atom is 0.267 e. The third-order valence-electron chi connectivity index (χ3n) is 4.65. The Hall–Kier alpha value is -1.81. The molecule has 1 saturated heterocycles. The van der Waals surface area contributed by atoms with Gasteiger partial charge in [0.05, 0.1) is 27.8 Å². The van der Waals surface area contributed by atoms with E-state index >= 15 is 0 Å². The van der Waals surface area contributed by atoms with Crippen LogP contribution in [-0.4, -0.2) is 48.9 Å². The van der Waals surface area contributed by atoms with Gasteiger partial charge in [0.2, 0.25) is 10.0 Å². The summed E-state index contributed by atoms with van der Waals surface area (Å²) in [5.41, 5.74) is 1.24. The van der Waals surface area contributed by atoms with E-state index in [-0.39, 0.29) is 28.9 Å². The summed E-state index contributed by atoms with van der Waals surface area (Å²) in [7, 11) is -3.61. The number of hydrogen-bond donors (Lipinski definition) is 1. The first-order valence-corrected chi connectivity index (χ1v) is 11.9. The fraction of sp³-hybridized carbons (Fsp3) is 0.500. The van der Waals surface area contributed by atoms with Crippen LogP contribution in [0.15, 0.2) is 29.2 Å². The number of rotatable bonds is 5. The van der Waals surface area contributed by atoms with E-state index in [9.17, 15) is 13.2 Å². The fourth-order valence-electron chi connectivity index (χ4n) is 3.25. The lowest BCUT2D eigenvalue weighted by atomic mass is 10.2. The molecule has 3 rings (SSSR count). The highest BCUT2D eigenvalue weighted by Gasteiger charge is 2.32. The molecular formula is C20H27N3O4S2. The zero-order chi connectivity index (χ0) is 21.3. The predicted molar refractivity (Wildman–Crippen MR) is 114 cm³/mol. The third kappa shape index (κ3) is 4.85. The molecule has 1 aliphatic rings. The number of nitrogens with zero attached hydrogens (tertiary/aromatic N) is 2. The molecule has 0 saturated carbocycles. The monoisotopic (exact) mass is 437 g/mol. The summed E-state index contributed by atoms with van der Waals surface area (Å²) < 4.78 is 32.9. The van der Waals surface area contributed by atoms with Gasteiger partial charge in [-0.05, 0) is 45.0 Å². The lowest BCUT2D eigenvalue weighted by Crippen LogP contribution is -2.48. The highest BCUT2D eigenvalue weighted by atomic mass is 32.2. The van der Waals surface area contributed by atoms with Crippen LogP contribution in [0.3, 0.4) is 0 Å². The van der Waals surface area contributed by atoms with Crippen molar-refractivity contribution in [3.63, 3.8) is 0 Å². The summed E-state index contributed by atoms with van der Waals surface area (Å²) in [6, 6.07) is 6.26. The zero-order valence-electron chi connectivity index (χ0n) is 17.3. The Bertz CT molecular complexity index is 974. The van der Waals surface area contributed by atoms with Crippen LogP contribution in [-0.2, 0) is 14.8 Å². The number of carbonyl (C=O) groups excluding carboxylic acids is 1. The minimum absolute atomic E-state index is 0.148. The quantitative estimate of drug-likeness (QED) is 0.772. The summed E-state index contributed by atoms with van der Waals surface area (Å²) in [6.07, 6.45) is -0.295. The molecule has 2 heterocycles. The molecule has 7 nitrogen and oxygen atoms in total. The molecule has 2 unspecified atom stereocenters. The number of aryl methyl sites for hydroxylation is 1. The fourth-order valence-corrected chi connectivity index (χ4v) is 5.80. The van der Waals surface area contributed by atoms with Crippen molar-refractivity contribution in [2.24, 2.45) is 0 Å². The van der Waals surface area contributed by atoms with Gasteiger partial charge in [0.25, 0.3) is 5.91 Å². The van der Waals surface area contributed by atoms with Crippen LogP contribution < -0.4 is 5.32 Å². The van der Waals surface area contributed by atoms with Crippen LogP contribution in [0.2, 0.25) is 0 Å². The number of anilines is 1. The maximum absolute atomic E-state index is 12.9. The number of amides is 1. The molecule has 1 fully saturated rings. The van der Waals surface area contributed by atoms with Gasteiger partial charge < -0.3 is 10.1 Å². The van der Waals surface area contributed by atoms with Crippen molar-refractivity contribution in [3.8, 4) is 0 Å². The number of nitrogens with one attached hydrogen (secondary N) is 1. The second-order valence-electron chi connectivity index (χ2n) is 7.68. The smallest absolute Gasteiger partial charge is 0.267 e. The molecule has 0 aliphatic carbocycles. The Morgan fingerprint density at radius 3 is 2.31 bits per heavy atom. The highest BCUT2D eigenvalue weighted by molar-refractivity contribution is 7.89. The first-order chi connectivity index (χ1) is 13.6. The second-order valence-corrected chi connectivity index (χ2v) is 10.6. The summed E-state index contributed by atoms with van der Waals surface area (Å²) in [5.74, 6) is 0.0219. The Morgan fingerprint density at radius 2 is 1.79 bits per heavy atom. The average molecular weight is 438 g/mol. The number of benzene rings is 1. The molecule has 2 atom stereocenters. The molecule has 1 aromatic carbocycles. The van der Waals surface area contributed by atoms with Crippen molar-refractivity contribution in [2.45, 2.75) is 57.6 Å². The van der Waals surface area contributed by atoms with Gasteiger partial charge >= 0.3 is 0 Å². The number of ether oxygens (including phenoxy) is 1. The van der Waals surface area contributed by atoms with Gasteiger partial charge in [-0.3, -0.25) is 4.79 Å².